The van der Waals surface area contributed by atoms with Crippen LogP contribution in [0.5, 0.6) is 0 Å². The predicted molar refractivity (Wildman–Crippen MR) is 85.7 cm³/mol. The van der Waals surface area contributed by atoms with Crippen LogP contribution in [0.1, 0.15) is 25.1 Å². The number of rotatable bonds is 4. The second-order valence-electron chi connectivity index (χ2n) is 5.02. The number of sulfonamides is 1. The number of carbonyl (C=O) groups is 1. The summed E-state index contributed by atoms with van der Waals surface area (Å²) in [5.41, 5.74) is 0. The molecule has 0 unspecified atom stereocenters. The lowest BCUT2D eigenvalue weighted by atomic mass is 10.4. The van der Waals surface area contributed by atoms with Gasteiger partial charge in [0.25, 0.3) is 10.0 Å². The van der Waals surface area contributed by atoms with Crippen LogP contribution in [-0.2, 0) is 21.2 Å². The number of hydrogen-bond acceptors (Lipinski definition) is 5. The molecule has 8 heteroatoms. The number of thiophene rings is 1. The lowest BCUT2D eigenvalue weighted by molar-refractivity contribution is 0.109. The minimum Gasteiger partial charge on any atom is -0.450 e. The van der Waals surface area contributed by atoms with Gasteiger partial charge in [-0.05, 0) is 31.9 Å². The van der Waals surface area contributed by atoms with E-state index in [0.717, 1.165) is 11.3 Å². The van der Waals surface area contributed by atoms with Crippen LogP contribution < -0.4 is 0 Å². The number of nitrogens with zero attached hydrogens (tertiary/aromatic N) is 2. The zero-order chi connectivity index (χ0) is 16.2. The molecular formula is C14H22N2O4S2. The van der Waals surface area contributed by atoms with Gasteiger partial charge in [-0.1, -0.05) is 6.92 Å². The molecule has 1 aliphatic heterocycles. The van der Waals surface area contributed by atoms with Crippen LogP contribution in [0.2, 0.25) is 0 Å². The molecule has 0 bridgehead atoms. The van der Waals surface area contributed by atoms with Crippen molar-refractivity contribution in [3.05, 3.63) is 17.0 Å². The first-order chi connectivity index (χ1) is 10.5. The number of hydrogen-bond donors (Lipinski definition) is 0. The third-order valence-electron chi connectivity index (χ3n) is 3.56. The average Bonchev–Trinajstić information content (AvgIpc) is 2.84. The Hall–Kier alpha value is -1.12. The topological polar surface area (TPSA) is 66.9 Å². The lowest BCUT2D eigenvalue weighted by Crippen LogP contribution is -2.37. The molecular weight excluding hydrogens is 324 g/mol. The van der Waals surface area contributed by atoms with Gasteiger partial charge >= 0.3 is 6.09 Å². The molecule has 1 fully saturated rings. The van der Waals surface area contributed by atoms with Crippen LogP contribution in [0, 0.1) is 0 Å². The zero-order valence-corrected chi connectivity index (χ0v) is 14.6. The minimum atomic E-state index is -3.46. The molecule has 1 saturated heterocycles. The standard InChI is InChI=1S/C14H22N2O4S2/c1-3-12-6-7-13(21-12)22(18,19)16-9-5-8-15(10-11-16)14(17)20-4-2/h6-7H,3-5,8-11H2,1-2H3. The molecule has 0 spiro atoms. The van der Waals surface area contributed by atoms with E-state index < -0.39 is 10.0 Å². The van der Waals surface area contributed by atoms with Crippen molar-refractivity contribution in [2.45, 2.75) is 30.9 Å². The van der Waals surface area contributed by atoms with Gasteiger partial charge in [0.1, 0.15) is 4.21 Å². The average molecular weight is 346 g/mol. The van der Waals surface area contributed by atoms with Crippen molar-refractivity contribution < 1.29 is 17.9 Å². The maximum absolute atomic E-state index is 12.7. The molecule has 0 radical (unpaired) electrons. The fraction of sp³-hybridized carbons (Fsp3) is 0.643. The summed E-state index contributed by atoms with van der Waals surface area (Å²) in [7, 11) is -3.46. The molecule has 1 aliphatic rings. The highest BCUT2D eigenvalue weighted by molar-refractivity contribution is 7.91. The van der Waals surface area contributed by atoms with Crippen LogP contribution in [-0.4, -0.2) is 56.5 Å². The first-order valence-corrected chi connectivity index (χ1v) is 9.75. The smallest absolute Gasteiger partial charge is 0.409 e. The van der Waals surface area contributed by atoms with Gasteiger partial charge in [0.2, 0.25) is 0 Å². The zero-order valence-electron chi connectivity index (χ0n) is 12.9. The third-order valence-corrected chi connectivity index (χ3v) is 7.16. The van der Waals surface area contributed by atoms with E-state index in [-0.39, 0.29) is 6.09 Å². The lowest BCUT2D eigenvalue weighted by Gasteiger charge is -2.20. The van der Waals surface area contributed by atoms with E-state index >= 15 is 0 Å². The van der Waals surface area contributed by atoms with E-state index in [9.17, 15) is 13.2 Å². The molecule has 2 rings (SSSR count). The Kier molecular flexibility index (Phi) is 5.82. The first kappa shape index (κ1) is 17.2. The van der Waals surface area contributed by atoms with Gasteiger partial charge in [0.05, 0.1) is 6.61 Å². The fourth-order valence-electron chi connectivity index (χ4n) is 2.35. The molecule has 0 aromatic carbocycles. The Labute approximate surface area is 135 Å². The molecule has 1 aromatic heterocycles. The summed E-state index contributed by atoms with van der Waals surface area (Å²) in [4.78, 5) is 14.4. The van der Waals surface area contributed by atoms with E-state index in [1.165, 1.54) is 15.6 Å². The molecule has 6 nitrogen and oxygen atoms in total. The highest BCUT2D eigenvalue weighted by Gasteiger charge is 2.29. The van der Waals surface area contributed by atoms with E-state index in [0.29, 0.717) is 43.4 Å². The first-order valence-electron chi connectivity index (χ1n) is 7.49. The summed E-state index contributed by atoms with van der Waals surface area (Å²) in [6, 6.07) is 3.53. The van der Waals surface area contributed by atoms with Gasteiger partial charge in [-0.15, -0.1) is 11.3 Å². The van der Waals surface area contributed by atoms with Gasteiger partial charge in [0, 0.05) is 31.1 Å². The van der Waals surface area contributed by atoms with Crippen LogP contribution in [0.25, 0.3) is 0 Å². The molecule has 0 atom stereocenters. The van der Waals surface area contributed by atoms with Crippen molar-refractivity contribution >= 4 is 27.5 Å². The maximum Gasteiger partial charge on any atom is 0.409 e. The predicted octanol–water partition coefficient (Wildman–Crippen LogP) is 2.16. The molecule has 0 saturated carbocycles. The highest BCUT2D eigenvalue weighted by atomic mass is 32.2. The second-order valence-corrected chi connectivity index (χ2v) is 8.35. The van der Waals surface area contributed by atoms with Crippen molar-refractivity contribution in [3.63, 3.8) is 0 Å². The summed E-state index contributed by atoms with van der Waals surface area (Å²) in [6.07, 6.45) is 1.08. The number of amides is 1. The fourth-order valence-corrected chi connectivity index (χ4v) is 5.27. The van der Waals surface area contributed by atoms with Gasteiger partial charge in [-0.25, -0.2) is 13.2 Å². The second kappa shape index (κ2) is 7.43. The summed E-state index contributed by atoms with van der Waals surface area (Å²) < 4.78 is 32.2. The van der Waals surface area contributed by atoms with E-state index in [1.807, 2.05) is 13.0 Å². The van der Waals surface area contributed by atoms with Gasteiger partial charge in [-0.2, -0.15) is 4.31 Å². The van der Waals surface area contributed by atoms with Crippen LogP contribution in [0.15, 0.2) is 16.3 Å². The van der Waals surface area contributed by atoms with E-state index in [4.69, 9.17) is 4.74 Å². The Morgan fingerprint density at radius 1 is 1.23 bits per heavy atom. The number of carbonyl (C=O) groups excluding carboxylic acids is 1. The molecule has 1 aromatic rings. The van der Waals surface area contributed by atoms with Gasteiger partial charge < -0.3 is 9.64 Å². The molecule has 2 heterocycles. The highest BCUT2D eigenvalue weighted by Crippen LogP contribution is 2.26. The van der Waals surface area contributed by atoms with E-state index in [1.54, 1.807) is 17.9 Å². The van der Waals surface area contributed by atoms with Crippen molar-refractivity contribution in [1.29, 1.82) is 0 Å². The van der Waals surface area contributed by atoms with Crippen LogP contribution in [0.3, 0.4) is 0 Å². The summed E-state index contributed by atoms with van der Waals surface area (Å²) in [5.74, 6) is 0. The third kappa shape index (κ3) is 3.80. The molecule has 124 valence electrons. The van der Waals surface area contributed by atoms with Crippen molar-refractivity contribution in [3.8, 4) is 0 Å². The number of ether oxygens (including phenoxy) is 1. The number of aryl methyl sites for hydroxylation is 1. The molecule has 0 N–H and O–H groups in total. The normalized spacial score (nSPS) is 17.3. The monoisotopic (exact) mass is 346 g/mol. The Morgan fingerprint density at radius 3 is 2.64 bits per heavy atom. The maximum atomic E-state index is 12.7. The van der Waals surface area contributed by atoms with Gasteiger partial charge in [0.15, 0.2) is 0 Å². The Morgan fingerprint density at radius 2 is 2.00 bits per heavy atom. The molecule has 0 aliphatic carbocycles. The van der Waals surface area contributed by atoms with Crippen molar-refractivity contribution in [2.75, 3.05) is 32.8 Å². The molecule has 1 amide bonds. The largest absolute Gasteiger partial charge is 0.450 e. The van der Waals surface area contributed by atoms with E-state index in [2.05, 4.69) is 0 Å². The van der Waals surface area contributed by atoms with Crippen LogP contribution >= 0.6 is 11.3 Å². The summed E-state index contributed by atoms with van der Waals surface area (Å²) in [5, 5.41) is 0. The minimum absolute atomic E-state index is 0.306. The van der Waals surface area contributed by atoms with Crippen molar-refractivity contribution in [1.82, 2.24) is 9.21 Å². The summed E-state index contributed by atoms with van der Waals surface area (Å²) >= 11 is 1.32. The summed E-state index contributed by atoms with van der Waals surface area (Å²) in [6.45, 7) is 5.71. The quantitative estimate of drug-likeness (QED) is 0.838. The van der Waals surface area contributed by atoms with Crippen LogP contribution in [0.4, 0.5) is 4.79 Å². The molecule has 22 heavy (non-hydrogen) atoms. The SMILES string of the molecule is CCOC(=O)N1CCCN(S(=O)(=O)c2ccc(CC)s2)CC1. The Balaban J connectivity index is 2.08. The van der Waals surface area contributed by atoms with Crippen molar-refractivity contribution in [2.24, 2.45) is 0 Å². The van der Waals surface area contributed by atoms with Gasteiger partial charge in [-0.3, -0.25) is 0 Å². The Bertz CT molecular complexity index is 612.